The molecule has 0 fully saturated rings. The Morgan fingerprint density at radius 2 is 2.17 bits per heavy atom. The SMILES string of the molecule is CCc1cccc(C)c1NC1=NC(C)(C)CCS1. The van der Waals surface area contributed by atoms with Gasteiger partial charge in [0.05, 0.1) is 5.54 Å². The van der Waals surface area contributed by atoms with E-state index in [-0.39, 0.29) is 5.54 Å². The summed E-state index contributed by atoms with van der Waals surface area (Å²) >= 11 is 1.83. The fraction of sp³-hybridized carbons (Fsp3) is 0.533. The van der Waals surface area contributed by atoms with Gasteiger partial charge in [-0.2, -0.15) is 0 Å². The predicted molar refractivity (Wildman–Crippen MR) is 82.8 cm³/mol. The molecule has 0 bridgehead atoms. The van der Waals surface area contributed by atoms with Crippen LogP contribution >= 0.6 is 11.8 Å². The highest BCUT2D eigenvalue weighted by molar-refractivity contribution is 8.14. The third kappa shape index (κ3) is 3.08. The third-order valence-electron chi connectivity index (χ3n) is 3.33. The summed E-state index contributed by atoms with van der Waals surface area (Å²) in [7, 11) is 0. The molecule has 0 saturated carbocycles. The van der Waals surface area contributed by atoms with Crippen LogP contribution < -0.4 is 5.32 Å². The van der Waals surface area contributed by atoms with Crippen molar-refractivity contribution in [2.45, 2.75) is 46.1 Å². The number of amidine groups is 1. The van der Waals surface area contributed by atoms with Crippen LogP contribution in [0.4, 0.5) is 5.69 Å². The zero-order chi connectivity index (χ0) is 13.2. The van der Waals surface area contributed by atoms with Gasteiger partial charge in [0.15, 0.2) is 5.17 Å². The predicted octanol–water partition coefficient (Wildman–Crippen LogP) is 4.24. The molecule has 0 unspecified atom stereocenters. The van der Waals surface area contributed by atoms with Gasteiger partial charge in [-0.3, -0.25) is 4.99 Å². The van der Waals surface area contributed by atoms with Crippen LogP contribution in [0, 0.1) is 6.92 Å². The van der Waals surface area contributed by atoms with E-state index >= 15 is 0 Å². The van der Waals surface area contributed by atoms with E-state index in [2.05, 4.69) is 51.2 Å². The summed E-state index contributed by atoms with van der Waals surface area (Å²) in [5.74, 6) is 1.15. The quantitative estimate of drug-likeness (QED) is 0.862. The Kier molecular flexibility index (Phi) is 4.00. The van der Waals surface area contributed by atoms with Crippen molar-refractivity contribution in [2.24, 2.45) is 4.99 Å². The lowest BCUT2D eigenvalue weighted by atomic mass is 10.0. The van der Waals surface area contributed by atoms with Gasteiger partial charge in [-0.15, -0.1) is 0 Å². The number of hydrogen-bond donors (Lipinski definition) is 1. The molecule has 0 spiro atoms. The van der Waals surface area contributed by atoms with Gasteiger partial charge in [0, 0.05) is 11.4 Å². The van der Waals surface area contributed by atoms with Crippen molar-refractivity contribution in [3.63, 3.8) is 0 Å². The number of anilines is 1. The smallest absolute Gasteiger partial charge is 0.161 e. The minimum Gasteiger partial charge on any atom is -0.335 e. The normalized spacial score (nSPS) is 18.3. The monoisotopic (exact) mass is 262 g/mol. The van der Waals surface area contributed by atoms with Crippen LogP contribution in [-0.4, -0.2) is 16.5 Å². The topological polar surface area (TPSA) is 24.4 Å². The first kappa shape index (κ1) is 13.5. The molecule has 0 amide bonds. The summed E-state index contributed by atoms with van der Waals surface area (Å²) < 4.78 is 0. The molecule has 1 heterocycles. The average Bonchev–Trinajstić information content (AvgIpc) is 2.30. The molecule has 2 nitrogen and oxygen atoms in total. The molecule has 0 aromatic heterocycles. The molecule has 18 heavy (non-hydrogen) atoms. The zero-order valence-electron chi connectivity index (χ0n) is 11.7. The van der Waals surface area contributed by atoms with Crippen molar-refractivity contribution < 1.29 is 0 Å². The number of thioether (sulfide) groups is 1. The molecule has 1 aliphatic rings. The number of para-hydroxylation sites is 1. The summed E-state index contributed by atoms with van der Waals surface area (Å²) in [6, 6.07) is 6.47. The summed E-state index contributed by atoms with van der Waals surface area (Å²) in [5.41, 5.74) is 3.97. The van der Waals surface area contributed by atoms with Gasteiger partial charge in [0.1, 0.15) is 0 Å². The number of rotatable bonds is 2. The Balaban J connectivity index is 2.27. The second-order valence-corrected chi connectivity index (χ2v) is 6.50. The van der Waals surface area contributed by atoms with Gasteiger partial charge in [-0.25, -0.2) is 0 Å². The first-order chi connectivity index (χ1) is 8.52. The van der Waals surface area contributed by atoms with Crippen LogP contribution in [-0.2, 0) is 6.42 Å². The van der Waals surface area contributed by atoms with Crippen molar-refractivity contribution in [1.29, 1.82) is 0 Å². The number of nitrogens with zero attached hydrogens (tertiary/aromatic N) is 1. The van der Waals surface area contributed by atoms with Crippen LogP contribution in [0.2, 0.25) is 0 Å². The number of aryl methyl sites for hydroxylation is 2. The van der Waals surface area contributed by atoms with Gasteiger partial charge in [-0.1, -0.05) is 36.9 Å². The van der Waals surface area contributed by atoms with Crippen LogP contribution in [0.1, 0.15) is 38.3 Å². The summed E-state index contributed by atoms with van der Waals surface area (Å²) in [5, 5.41) is 4.60. The van der Waals surface area contributed by atoms with E-state index in [1.54, 1.807) is 0 Å². The standard InChI is InChI=1S/C15H22N2S/c1-5-12-8-6-7-11(2)13(12)16-14-17-15(3,4)9-10-18-14/h6-8H,5,9-10H2,1-4H3,(H,16,17). The Labute approximate surface area is 114 Å². The van der Waals surface area contributed by atoms with E-state index in [1.807, 2.05) is 11.8 Å². The van der Waals surface area contributed by atoms with Gasteiger partial charge in [-0.05, 0) is 44.7 Å². The summed E-state index contributed by atoms with van der Waals surface area (Å²) in [6.45, 7) is 8.75. The highest BCUT2D eigenvalue weighted by Crippen LogP contribution is 2.29. The Morgan fingerprint density at radius 3 is 2.83 bits per heavy atom. The van der Waals surface area contributed by atoms with Crippen molar-refractivity contribution >= 4 is 22.6 Å². The van der Waals surface area contributed by atoms with Gasteiger partial charge in [0.2, 0.25) is 0 Å². The maximum atomic E-state index is 4.79. The van der Waals surface area contributed by atoms with Crippen molar-refractivity contribution in [2.75, 3.05) is 11.1 Å². The molecule has 0 aliphatic carbocycles. The van der Waals surface area contributed by atoms with Crippen molar-refractivity contribution in [3.05, 3.63) is 29.3 Å². The minimum atomic E-state index is 0.0721. The second-order valence-electron chi connectivity index (χ2n) is 5.42. The summed E-state index contributed by atoms with van der Waals surface area (Å²) in [4.78, 5) is 4.79. The molecule has 98 valence electrons. The minimum absolute atomic E-state index is 0.0721. The fourth-order valence-corrected chi connectivity index (χ4v) is 3.41. The lowest BCUT2D eigenvalue weighted by Gasteiger charge is -2.27. The van der Waals surface area contributed by atoms with Crippen molar-refractivity contribution in [1.82, 2.24) is 0 Å². The lowest BCUT2D eigenvalue weighted by Crippen LogP contribution is -2.27. The van der Waals surface area contributed by atoms with E-state index in [9.17, 15) is 0 Å². The molecule has 1 N–H and O–H groups in total. The van der Waals surface area contributed by atoms with Gasteiger partial charge < -0.3 is 5.32 Å². The number of benzene rings is 1. The Morgan fingerprint density at radius 1 is 1.39 bits per heavy atom. The number of hydrogen-bond acceptors (Lipinski definition) is 3. The van der Waals surface area contributed by atoms with E-state index in [0.717, 1.165) is 23.8 Å². The highest BCUT2D eigenvalue weighted by atomic mass is 32.2. The second kappa shape index (κ2) is 5.35. The largest absolute Gasteiger partial charge is 0.335 e. The molecule has 3 heteroatoms. The van der Waals surface area contributed by atoms with E-state index in [1.165, 1.54) is 16.8 Å². The van der Waals surface area contributed by atoms with Crippen molar-refractivity contribution in [3.8, 4) is 0 Å². The molecular weight excluding hydrogens is 240 g/mol. The van der Waals surface area contributed by atoms with Crippen LogP contribution in [0.5, 0.6) is 0 Å². The van der Waals surface area contributed by atoms with E-state index in [0.29, 0.717) is 0 Å². The fourth-order valence-electron chi connectivity index (χ4n) is 2.13. The van der Waals surface area contributed by atoms with Crippen LogP contribution in [0.25, 0.3) is 0 Å². The molecule has 0 radical (unpaired) electrons. The Hall–Kier alpha value is -0.960. The number of aliphatic imine (C=N–C) groups is 1. The van der Waals surface area contributed by atoms with E-state index < -0.39 is 0 Å². The first-order valence-corrected chi connectivity index (χ1v) is 7.58. The molecular formula is C15H22N2S. The van der Waals surface area contributed by atoms with Crippen LogP contribution in [0.15, 0.2) is 23.2 Å². The molecule has 0 saturated heterocycles. The molecule has 1 aromatic carbocycles. The lowest BCUT2D eigenvalue weighted by molar-refractivity contribution is 0.507. The highest BCUT2D eigenvalue weighted by Gasteiger charge is 2.23. The molecule has 0 atom stereocenters. The number of nitrogens with one attached hydrogen (secondary N) is 1. The Bertz CT molecular complexity index is 464. The average molecular weight is 262 g/mol. The maximum Gasteiger partial charge on any atom is 0.161 e. The maximum absolute atomic E-state index is 4.79. The zero-order valence-corrected chi connectivity index (χ0v) is 12.5. The van der Waals surface area contributed by atoms with Gasteiger partial charge >= 0.3 is 0 Å². The third-order valence-corrected chi connectivity index (χ3v) is 4.20. The van der Waals surface area contributed by atoms with Crippen LogP contribution in [0.3, 0.4) is 0 Å². The first-order valence-electron chi connectivity index (χ1n) is 6.60. The van der Waals surface area contributed by atoms with E-state index in [4.69, 9.17) is 4.99 Å². The molecule has 1 aromatic rings. The molecule has 1 aliphatic heterocycles. The molecule has 2 rings (SSSR count). The summed E-state index contributed by atoms with van der Waals surface area (Å²) in [6.07, 6.45) is 2.20. The van der Waals surface area contributed by atoms with Gasteiger partial charge in [0.25, 0.3) is 0 Å².